The van der Waals surface area contributed by atoms with Crippen LogP contribution in [0.25, 0.3) is 0 Å². The van der Waals surface area contributed by atoms with Crippen molar-refractivity contribution in [2.24, 2.45) is 0 Å². The Morgan fingerprint density at radius 3 is 2.38 bits per heavy atom. The normalized spacial score (nSPS) is 9.67. The van der Waals surface area contributed by atoms with Crippen LogP contribution in [0.4, 0.5) is 5.69 Å². The van der Waals surface area contributed by atoms with E-state index in [-0.39, 0.29) is 12.5 Å². The van der Waals surface area contributed by atoms with Gasteiger partial charge in [0.05, 0.1) is 19.0 Å². The second-order valence-electron chi connectivity index (χ2n) is 4.65. The smallest absolute Gasteiger partial charge is 0.239 e. The van der Waals surface area contributed by atoms with Crippen molar-refractivity contribution in [2.75, 3.05) is 11.9 Å². The van der Waals surface area contributed by atoms with Gasteiger partial charge in [-0.3, -0.25) is 4.79 Å². The zero-order valence-electron chi connectivity index (χ0n) is 11.7. The number of nitrogens with zero attached hydrogens (tertiary/aromatic N) is 1. The second-order valence-corrected chi connectivity index (χ2v) is 4.65. The van der Waals surface area contributed by atoms with Crippen LogP contribution in [0.3, 0.4) is 0 Å². The van der Waals surface area contributed by atoms with E-state index in [9.17, 15) is 4.79 Å². The summed E-state index contributed by atoms with van der Waals surface area (Å²) in [6.07, 6.45) is 0.401. The summed E-state index contributed by atoms with van der Waals surface area (Å²) in [4.78, 5) is 11.7. The van der Waals surface area contributed by atoms with E-state index in [0.29, 0.717) is 13.0 Å². The molecule has 4 heteroatoms. The zero-order chi connectivity index (χ0) is 14.9. The molecule has 0 radical (unpaired) electrons. The SMILES string of the molecule is N#CCc1ccc(NCC(=O)NCc2ccccc2)cc1. The molecule has 0 atom stereocenters. The van der Waals surface area contributed by atoms with Crippen molar-refractivity contribution in [3.63, 3.8) is 0 Å². The molecule has 0 fully saturated rings. The van der Waals surface area contributed by atoms with Crippen molar-refractivity contribution in [1.82, 2.24) is 5.32 Å². The standard InChI is InChI=1S/C17H17N3O/c18-11-10-14-6-8-16(9-7-14)19-13-17(21)20-12-15-4-2-1-3-5-15/h1-9,19H,10,12-13H2,(H,20,21). The fourth-order valence-electron chi connectivity index (χ4n) is 1.87. The summed E-state index contributed by atoms with van der Waals surface area (Å²) in [6.45, 7) is 0.757. The largest absolute Gasteiger partial charge is 0.376 e. The lowest BCUT2D eigenvalue weighted by molar-refractivity contribution is -0.119. The Morgan fingerprint density at radius 1 is 1.00 bits per heavy atom. The van der Waals surface area contributed by atoms with Crippen molar-refractivity contribution in [2.45, 2.75) is 13.0 Å². The zero-order valence-corrected chi connectivity index (χ0v) is 11.7. The van der Waals surface area contributed by atoms with E-state index in [0.717, 1.165) is 16.8 Å². The monoisotopic (exact) mass is 279 g/mol. The van der Waals surface area contributed by atoms with E-state index in [1.807, 2.05) is 54.6 Å². The summed E-state index contributed by atoms with van der Waals surface area (Å²) in [5, 5.41) is 14.5. The molecular formula is C17H17N3O. The third kappa shape index (κ3) is 5.00. The van der Waals surface area contributed by atoms with Crippen LogP contribution in [-0.4, -0.2) is 12.5 Å². The van der Waals surface area contributed by atoms with Gasteiger partial charge in [0.1, 0.15) is 0 Å². The van der Waals surface area contributed by atoms with Gasteiger partial charge in [-0.15, -0.1) is 0 Å². The maximum atomic E-state index is 11.7. The minimum atomic E-state index is -0.0556. The summed E-state index contributed by atoms with van der Waals surface area (Å²) in [6, 6.07) is 19.4. The highest BCUT2D eigenvalue weighted by molar-refractivity contribution is 5.80. The van der Waals surface area contributed by atoms with Gasteiger partial charge in [0, 0.05) is 12.2 Å². The number of nitriles is 1. The van der Waals surface area contributed by atoms with Gasteiger partial charge in [-0.05, 0) is 23.3 Å². The first-order valence-corrected chi connectivity index (χ1v) is 6.78. The number of rotatable bonds is 6. The van der Waals surface area contributed by atoms with Crippen LogP contribution in [0, 0.1) is 11.3 Å². The lowest BCUT2D eigenvalue weighted by atomic mass is 10.1. The Kier molecular flexibility index (Phi) is 5.36. The summed E-state index contributed by atoms with van der Waals surface area (Å²) < 4.78 is 0. The van der Waals surface area contributed by atoms with Crippen LogP contribution < -0.4 is 10.6 Å². The van der Waals surface area contributed by atoms with Crippen LogP contribution >= 0.6 is 0 Å². The maximum Gasteiger partial charge on any atom is 0.239 e. The van der Waals surface area contributed by atoms with Crippen molar-refractivity contribution in [3.05, 3.63) is 65.7 Å². The fraction of sp³-hybridized carbons (Fsp3) is 0.176. The Labute approximate surface area is 124 Å². The number of amides is 1. The summed E-state index contributed by atoms with van der Waals surface area (Å²) in [5.41, 5.74) is 2.91. The predicted molar refractivity (Wildman–Crippen MR) is 82.5 cm³/mol. The highest BCUT2D eigenvalue weighted by Gasteiger charge is 2.01. The molecule has 0 aliphatic carbocycles. The number of hydrogen-bond donors (Lipinski definition) is 2. The van der Waals surface area contributed by atoms with Crippen molar-refractivity contribution >= 4 is 11.6 Å². The summed E-state index contributed by atoms with van der Waals surface area (Å²) in [5.74, 6) is -0.0556. The van der Waals surface area contributed by atoms with E-state index in [1.165, 1.54) is 0 Å². The van der Waals surface area contributed by atoms with Gasteiger partial charge in [0.15, 0.2) is 0 Å². The van der Waals surface area contributed by atoms with Crippen LogP contribution in [0.15, 0.2) is 54.6 Å². The van der Waals surface area contributed by atoms with E-state index < -0.39 is 0 Å². The van der Waals surface area contributed by atoms with E-state index in [4.69, 9.17) is 5.26 Å². The minimum Gasteiger partial charge on any atom is -0.376 e. The first-order chi connectivity index (χ1) is 10.3. The molecule has 2 N–H and O–H groups in total. The number of nitrogens with one attached hydrogen (secondary N) is 2. The quantitative estimate of drug-likeness (QED) is 0.853. The number of carbonyl (C=O) groups excluding carboxylic acids is 1. The van der Waals surface area contributed by atoms with Gasteiger partial charge in [-0.1, -0.05) is 42.5 Å². The fourth-order valence-corrected chi connectivity index (χ4v) is 1.87. The molecule has 0 heterocycles. The van der Waals surface area contributed by atoms with Gasteiger partial charge in [0.2, 0.25) is 5.91 Å². The number of carbonyl (C=O) groups is 1. The molecule has 0 aromatic heterocycles. The predicted octanol–water partition coefficient (Wildman–Crippen LogP) is 2.48. The summed E-state index contributed by atoms with van der Waals surface area (Å²) in [7, 11) is 0. The lowest BCUT2D eigenvalue weighted by Gasteiger charge is -2.08. The molecule has 0 spiro atoms. The Balaban J connectivity index is 1.75. The van der Waals surface area contributed by atoms with Crippen LogP contribution in [-0.2, 0) is 17.8 Å². The molecule has 0 bridgehead atoms. The first kappa shape index (κ1) is 14.6. The third-order valence-electron chi connectivity index (χ3n) is 3.02. The highest BCUT2D eigenvalue weighted by atomic mass is 16.1. The molecule has 0 aliphatic heterocycles. The number of anilines is 1. The molecule has 21 heavy (non-hydrogen) atoms. The number of benzene rings is 2. The summed E-state index contributed by atoms with van der Waals surface area (Å²) >= 11 is 0. The molecule has 1 amide bonds. The molecule has 0 aliphatic rings. The van der Waals surface area contributed by atoms with E-state index >= 15 is 0 Å². The average molecular weight is 279 g/mol. The number of hydrogen-bond acceptors (Lipinski definition) is 3. The van der Waals surface area contributed by atoms with Crippen molar-refractivity contribution in [1.29, 1.82) is 5.26 Å². The Morgan fingerprint density at radius 2 is 1.71 bits per heavy atom. The first-order valence-electron chi connectivity index (χ1n) is 6.78. The van der Waals surface area contributed by atoms with Crippen molar-refractivity contribution in [3.8, 4) is 6.07 Å². The Bertz CT molecular complexity index is 615. The lowest BCUT2D eigenvalue weighted by Crippen LogP contribution is -2.29. The molecule has 2 aromatic carbocycles. The van der Waals surface area contributed by atoms with Gasteiger partial charge >= 0.3 is 0 Å². The molecule has 0 saturated carbocycles. The molecule has 0 unspecified atom stereocenters. The highest BCUT2D eigenvalue weighted by Crippen LogP contribution is 2.09. The van der Waals surface area contributed by atoms with Crippen molar-refractivity contribution < 1.29 is 4.79 Å². The molecular weight excluding hydrogens is 262 g/mol. The van der Waals surface area contributed by atoms with Gasteiger partial charge in [-0.25, -0.2) is 0 Å². The average Bonchev–Trinajstić information content (AvgIpc) is 2.53. The topological polar surface area (TPSA) is 64.9 Å². The van der Waals surface area contributed by atoms with Gasteiger partial charge in [0.25, 0.3) is 0 Å². The van der Waals surface area contributed by atoms with Gasteiger partial charge in [-0.2, -0.15) is 5.26 Å². The third-order valence-corrected chi connectivity index (χ3v) is 3.02. The second kappa shape index (κ2) is 7.71. The minimum absolute atomic E-state index is 0.0556. The Hall–Kier alpha value is -2.80. The maximum absolute atomic E-state index is 11.7. The molecule has 2 rings (SSSR count). The van der Waals surface area contributed by atoms with Crippen LogP contribution in [0.2, 0.25) is 0 Å². The van der Waals surface area contributed by atoms with Crippen LogP contribution in [0.1, 0.15) is 11.1 Å². The van der Waals surface area contributed by atoms with Crippen LogP contribution in [0.5, 0.6) is 0 Å². The molecule has 106 valence electrons. The molecule has 0 saturated heterocycles. The van der Waals surface area contributed by atoms with Gasteiger partial charge < -0.3 is 10.6 Å². The van der Waals surface area contributed by atoms with E-state index in [1.54, 1.807) is 0 Å². The molecule has 2 aromatic rings. The van der Waals surface area contributed by atoms with E-state index in [2.05, 4.69) is 16.7 Å². The molecule has 4 nitrogen and oxygen atoms in total.